The smallest absolute Gasteiger partial charge is 0.258 e. The Balaban J connectivity index is 1.67. The van der Waals surface area contributed by atoms with Crippen molar-refractivity contribution in [2.24, 2.45) is 0 Å². The minimum atomic E-state index is -0.314. The van der Waals surface area contributed by atoms with Crippen LogP contribution in [0.25, 0.3) is 43.1 Å². The molecule has 1 fully saturated rings. The van der Waals surface area contributed by atoms with Gasteiger partial charge in [-0.25, -0.2) is 0 Å². The number of piperidine rings is 1. The summed E-state index contributed by atoms with van der Waals surface area (Å²) in [5.41, 5.74) is 2.47. The Labute approximate surface area is 178 Å². The van der Waals surface area contributed by atoms with Crippen LogP contribution in [0.3, 0.4) is 0 Å². The van der Waals surface area contributed by atoms with Crippen LogP contribution in [0.5, 0.6) is 0 Å². The van der Waals surface area contributed by atoms with E-state index in [2.05, 4.69) is 40.5 Å². The van der Waals surface area contributed by atoms with Crippen molar-refractivity contribution < 1.29 is 9.59 Å². The van der Waals surface area contributed by atoms with Crippen molar-refractivity contribution in [3.63, 3.8) is 0 Å². The van der Waals surface area contributed by atoms with Gasteiger partial charge in [-0.2, -0.15) is 0 Å². The Morgan fingerprint density at radius 2 is 1.16 bits per heavy atom. The zero-order valence-corrected chi connectivity index (χ0v) is 17.0. The third-order valence-corrected chi connectivity index (χ3v) is 7.17. The largest absolute Gasteiger partial charge is 0.371 e. The molecule has 0 bridgehead atoms. The lowest BCUT2D eigenvalue weighted by molar-refractivity contribution is 0.0845. The fourth-order valence-electron chi connectivity index (χ4n) is 5.81. The molecule has 5 aromatic rings. The average molecular weight is 404 g/mol. The second kappa shape index (κ2) is 5.94. The average Bonchev–Trinajstić information content (AvgIpc) is 2.81. The molecule has 0 aliphatic carbocycles. The first-order valence-electron chi connectivity index (χ1n) is 11.0. The number of amides is 2. The van der Waals surface area contributed by atoms with Crippen LogP contribution in [0.4, 0.5) is 5.69 Å². The van der Waals surface area contributed by atoms with E-state index in [1.54, 1.807) is 0 Å². The molecule has 2 aliphatic rings. The Morgan fingerprint density at radius 3 is 1.87 bits per heavy atom. The highest BCUT2D eigenvalue weighted by Crippen LogP contribution is 2.45. The Hall–Kier alpha value is -3.66. The van der Waals surface area contributed by atoms with Crippen molar-refractivity contribution in [2.45, 2.75) is 19.3 Å². The van der Waals surface area contributed by atoms with Crippen LogP contribution in [-0.4, -0.2) is 24.9 Å². The van der Waals surface area contributed by atoms with Gasteiger partial charge in [0.1, 0.15) is 0 Å². The van der Waals surface area contributed by atoms with Crippen molar-refractivity contribution in [3.8, 4) is 0 Å². The minimum Gasteiger partial charge on any atom is -0.371 e. The van der Waals surface area contributed by atoms with E-state index < -0.39 is 0 Å². The highest BCUT2D eigenvalue weighted by atomic mass is 16.2. The predicted octanol–water partition coefficient (Wildman–Crippen LogP) is 5.61. The molecular weight excluding hydrogens is 384 g/mol. The van der Waals surface area contributed by atoms with E-state index >= 15 is 0 Å². The summed E-state index contributed by atoms with van der Waals surface area (Å²) in [5, 5.41) is 11.4. The van der Waals surface area contributed by atoms with Crippen molar-refractivity contribution in [1.82, 2.24) is 5.32 Å². The lowest BCUT2D eigenvalue weighted by Gasteiger charge is -2.30. The Morgan fingerprint density at radius 1 is 0.581 bits per heavy atom. The van der Waals surface area contributed by atoms with Crippen LogP contribution in [-0.2, 0) is 0 Å². The number of anilines is 1. The number of nitrogens with zero attached hydrogens (tertiary/aromatic N) is 1. The van der Waals surface area contributed by atoms with E-state index in [0.29, 0.717) is 11.1 Å². The van der Waals surface area contributed by atoms with Gasteiger partial charge < -0.3 is 4.90 Å². The summed E-state index contributed by atoms with van der Waals surface area (Å²) in [5.74, 6) is -0.628. The molecule has 4 nitrogen and oxygen atoms in total. The number of fused-ring (bicyclic) bond motifs is 2. The van der Waals surface area contributed by atoms with Gasteiger partial charge in [0.15, 0.2) is 0 Å². The first kappa shape index (κ1) is 17.1. The number of hydrogen-bond donors (Lipinski definition) is 1. The lowest BCUT2D eigenvalue weighted by atomic mass is 9.85. The van der Waals surface area contributed by atoms with E-state index in [-0.39, 0.29) is 11.8 Å². The molecule has 2 aliphatic heterocycles. The fourth-order valence-corrected chi connectivity index (χ4v) is 5.81. The van der Waals surface area contributed by atoms with E-state index in [1.165, 1.54) is 46.5 Å². The van der Waals surface area contributed by atoms with Crippen LogP contribution >= 0.6 is 0 Å². The number of imide groups is 1. The first-order valence-corrected chi connectivity index (χ1v) is 11.0. The van der Waals surface area contributed by atoms with Gasteiger partial charge in [0.2, 0.25) is 0 Å². The molecule has 0 saturated carbocycles. The van der Waals surface area contributed by atoms with Crippen molar-refractivity contribution in [3.05, 3.63) is 65.7 Å². The van der Waals surface area contributed by atoms with Gasteiger partial charge in [0.05, 0.1) is 0 Å². The summed E-state index contributed by atoms with van der Waals surface area (Å²) in [6, 6.07) is 18.8. The number of carbonyl (C=O) groups excluding carboxylic acids is 2. The van der Waals surface area contributed by atoms with Crippen LogP contribution in [0, 0.1) is 0 Å². The van der Waals surface area contributed by atoms with Crippen LogP contribution < -0.4 is 10.2 Å². The van der Waals surface area contributed by atoms with Crippen molar-refractivity contribution >= 4 is 60.6 Å². The first-order chi connectivity index (χ1) is 15.2. The number of nitrogens with one attached hydrogen (secondary N) is 1. The third-order valence-electron chi connectivity index (χ3n) is 7.17. The van der Waals surface area contributed by atoms with Gasteiger partial charge >= 0.3 is 0 Å². The third kappa shape index (κ3) is 2.14. The van der Waals surface area contributed by atoms with Gasteiger partial charge in [-0.3, -0.25) is 14.9 Å². The normalized spacial score (nSPS) is 16.7. The maximum atomic E-state index is 12.5. The maximum Gasteiger partial charge on any atom is 0.258 e. The molecule has 1 N–H and O–H groups in total. The van der Waals surface area contributed by atoms with Crippen molar-refractivity contribution in [1.29, 1.82) is 0 Å². The van der Waals surface area contributed by atoms with Gasteiger partial charge in [-0.05, 0) is 69.8 Å². The monoisotopic (exact) mass is 404 g/mol. The van der Waals surface area contributed by atoms with E-state index in [9.17, 15) is 9.59 Å². The lowest BCUT2D eigenvalue weighted by Crippen LogP contribution is -2.34. The number of rotatable bonds is 1. The minimum absolute atomic E-state index is 0.314. The summed E-state index contributed by atoms with van der Waals surface area (Å²) in [4.78, 5) is 27.6. The van der Waals surface area contributed by atoms with Gasteiger partial charge in [0, 0.05) is 40.7 Å². The van der Waals surface area contributed by atoms with Crippen LogP contribution in [0.15, 0.2) is 54.6 Å². The summed E-state index contributed by atoms with van der Waals surface area (Å²) in [7, 11) is 0. The van der Waals surface area contributed by atoms with Crippen molar-refractivity contribution in [2.75, 3.05) is 18.0 Å². The molecule has 2 heterocycles. The molecule has 0 aromatic heterocycles. The second-order valence-electron chi connectivity index (χ2n) is 8.76. The molecule has 1 saturated heterocycles. The number of benzene rings is 5. The zero-order chi connectivity index (χ0) is 20.7. The van der Waals surface area contributed by atoms with Gasteiger partial charge in [-0.15, -0.1) is 0 Å². The fraction of sp³-hybridized carbons (Fsp3) is 0.185. The molecule has 2 amide bonds. The van der Waals surface area contributed by atoms with Crippen LogP contribution in [0.2, 0.25) is 0 Å². The van der Waals surface area contributed by atoms with E-state index in [0.717, 1.165) is 34.6 Å². The topological polar surface area (TPSA) is 49.4 Å². The number of hydrogen-bond acceptors (Lipinski definition) is 3. The van der Waals surface area contributed by atoms with Gasteiger partial charge in [-0.1, -0.05) is 36.4 Å². The second-order valence-corrected chi connectivity index (χ2v) is 8.76. The molecule has 0 spiro atoms. The molecule has 7 rings (SSSR count). The SMILES string of the molecule is O=C1NC(=O)c2ccc3c4ccc(N5CCCCC5)c5cccc(c6ccc1c2c63)c54. The Bertz CT molecular complexity index is 1510. The molecule has 5 aromatic carbocycles. The summed E-state index contributed by atoms with van der Waals surface area (Å²) >= 11 is 0. The molecule has 150 valence electrons. The molecule has 0 radical (unpaired) electrons. The molecular formula is C27H20N2O2. The van der Waals surface area contributed by atoms with E-state index in [1.807, 2.05) is 24.3 Å². The van der Waals surface area contributed by atoms with Gasteiger partial charge in [0.25, 0.3) is 11.8 Å². The van der Waals surface area contributed by atoms with E-state index in [4.69, 9.17) is 0 Å². The zero-order valence-electron chi connectivity index (χ0n) is 17.0. The number of carbonyl (C=O) groups is 2. The molecule has 0 unspecified atom stereocenters. The summed E-state index contributed by atoms with van der Waals surface area (Å²) in [6.45, 7) is 2.21. The summed E-state index contributed by atoms with van der Waals surface area (Å²) < 4.78 is 0. The predicted molar refractivity (Wildman–Crippen MR) is 126 cm³/mol. The molecule has 4 heteroatoms. The molecule has 31 heavy (non-hydrogen) atoms. The maximum absolute atomic E-state index is 12.5. The molecule has 0 atom stereocenters. The quantitative estimate of drug-likeness (QED) is 0.224. The Kier molecular flexibility index (Phi) is 3.27. The van der Waals surface area contributed by atoms with Crippen LogP contribution in [0.1, 0.15) is 40.0 Å². The standard InChI is InChI=1S/C27H20N2O2/c30-26-20-9-7-17-15-5-4-6-19-22(29-13-2-1-3-14-29)12-11-16(23(15)19)18-8-10-21(27(31)28-26)25(20)24(17)18/h4-12H,1-3,13-14H2,(H,28,30,31). The highest BCUT2D eigenvalue weighted by Gasteiger charge is 2.27. The summed E-state index contributed by atoms with van der Waals surface area (Å²) in [6.07, 6.45) is 3.80. The highest BCUT2D eigenvalue weighted by molar-refractivity contribution is 6.38.